The zero-order valence-electron chi connectivity index (χ0n) is 8.51. The number of nitrogens with zero attached hydrogens (tertiary/aromatic N) is 2. The molecule has 0 bridgehead atoms. The first-order chi connectivity index (χ1) is 7.40. The van der Waals surface area contributed by atoms with Crippen LogP contribution in [0.5, 0.6) is 5.75 Å². The minimum absolute atomic E-state index is 0.762. The van der Waals surface area contributed by atoms with Crippen molar-refractivity contribution in [2.24, 2.45) is 0 Å². The molecule has 0 saturated heterocycles. The summed E-state index contributed by atoms with van der Waals surface area (Å²) in [4.78, 5) is 0. The molecule has 2 aromatic rings. The van der Waals surface area contributed by atoms with Crippen LogP contribution in [-0.2, 0) is 0 Å². The van der Waals surface area contributed by atoms with Crippen molar-refractivity contribution in [3.8, 4) is 17.0 Å². The van der Waals surface area contributed by atoms with E-state index in [-0.39, 0.29) is 0 Å². The van der Waals surface area contributed by atoms with Crippen molar-refractivity contribution in [2.45, 2.75) is 13.3 Å². The highest BCUT2D eigenvalue weighted by Crippen LogP contribution is 2.21. The predicted octanol–water partition coefficient (Wildman–Crippen LogP) is 2.99. The SMILES string of the molecule is CCCOc1ccc(-c2csnn2)cc1. The Balaban J connectivity index is 2.11. The zero-order chi connectivity index (χ0) is 10.5. The van der Waals surface area contributed by atoms with Gasteiger partial charge in [-0.15, -0.1) is 5.10 Å². The third kappa shape index (κ3) is 2.53. The number of benzene rings is 1. The van der Waals surface area contributed by atoms with E-state index in [9.17, 15) is 0 Å². The Morgan fingerprint density at radius 2 is 2.07 bits per heavy atom. The normalized spacial score (nSPS) is 10.2. The molecule has 0 saturated carbocycles. The third-order valence-corrected chi connectivity index (χ3v) is 2.49. The van der Waals surface area contributed by atoms with Crippen LogP contribution in [-0.4, -0.2) is 16.2 Å². The second-order valence-corrected chi connectivity index (χ2v) is 3.77. The van der Waals surface area contributed by atoms with E-state index in [0.29, 0.717) is 0 Å². The highest BCUT2D eigenvalue weighted by molar-refractivity contribution is 7.03. The van der Waals surface area contributed by atoms with E-state index in [1.54, 1.807) is 0 Å². The maximum atomic E-state index is 5.49. The maximum absolute atomic E-state index is 5.49. The Morgan fingerprint density at radius 3 is 2.67 bits per heavy atom. The standard InChI is InChI=1S/C11H12N2OS/c1-2-7-14-10-5-3-9(4-6-10)11-8-15-13-12-11/h3-6,8H,2,7H2,1H3. The average molecular weight is 220 g/mol. The molecule has 0 N–H and O–H groups in total. The van der Waals surface area contributed by atoms with Gasteiger partial charge in [-0.05, 0) is 42.2 Å². The molecule has 0 spiro atoms. The van der Waals surface area contributed by atoms with Gasteiger partial charge in [-0.25, -0.2) is 0 Å². The van der Waals surface area contributed by atoms with Crippen LogP contribution in [0.4, 0.5) is 0 Å². The summed E-state index contributed by atoms with van der Waals surface area (Å²) in [6.45, 7) is 2.85. The van der Waals surface area contributed by atoms with Crippen molar-refractivity contribution in [3.63, 3.8) is 0 Å². The van der Waals surface area contributed by atoms with Gasteiger partial charge in [0.2, 0.25) is 0 Å². The molecule has 1 aromatic carbocycles. The van der Waals surface area contributed by atoms with Gasteiger partial charge in [0, 0.05) is 10.9 Å². The second-order valence-electron chi connectivity index (χ2n) is 3.16. The molecular weight excluding hydrogens is 208 g/mol. The first kappa shape index (κ1) is 10.1. The van der Waals surface area contributed by atoms with Gasteiger partial charge in [0.1, 0.15) is 11.4 Å². The minimum Gasteiger partial charge on any atom is -0.494 e. The molecule has 0 aliphatic carbocycles. The summed E-state index contributed by atoms with van der Waals surface area (Å²) in [5, 5.41) is 5.94. The second kappa shape index (κ2) is 4.89. The van der Waals surface area contributed by atoms with Crippen LogP contribution in [0, 0.1) is 0 Å². The van der Waals surface area contributed by atoms with E-state index >= 15 is 0 Å². The van der Waals surface area contributed by atoms with E-state index in [2.05, 4.69) is 16.5 Å². The number of aromatic nitrogens is 2. The first-order valence-electron chi connectivity index (χ1n) is 4.90. The van der Waals surface area contributed by atoms with Crippen molar-refractivity contribution in [2.75, 3.05) is 6.61 Å². The summed E-state index contributed by atoms with van der Waals surface area (Å²) in [5.74, 6) is 0.906. The predicted molar refractivity (Wildman–Crippen MR) is 61.1 cm³/mol. The maximum Gasteiger partial charge on any atom is 0.119 e. The Labute approximate surface area is 92.9 Å². The summed E-state index contributed by atoms with van der Waals surface area (Å²) >= 11 is 1.36. The summed E-state index contributed by atoms with van der Waals surface area (Å²) in [7, 11) is 0. The molecular formula is C11H12N2OS. The lowest BCUT2D eigenvalue weighted by Crippen LogP contribution is -1.94. The number of hydrogen-bond donors (Lipinski definition) is 0. The fourth-order valence-electron chi connectivity index (χ4n) is 1.23. The highest BCUT2D eigenvalue weighted by Gasteiger charge is 2.00. The van der Waals surface area contributed by atoms with Crippen LogP contribution in [0.25, 0.3) is 11.3 Å². The van der Waals surface area contributed by atoms with E-state index in [1.807, 2.05) is 29.6 Å². The van der Waals surface area contributed by atoms with E-state index in [0.717, 1.165) is 30.0 Å². The van der Waals surface area contributed by atoms with Crippen molar-refractivity contribution >= 4 is 11.5 Å². The quantitative estimate of drug-likeness (QED) is 0.794. The topological polar surface area (TPSA) is 35.0 Å². The van der Waals surface area contributed by atoms with E-state index in [1.165, 1.54) is 11.5 Å². The monoisotopic (exact) mass is 220 g/mol. The number of rotatable bonds is 4. The molecule has 2 rings (SSSR count). The molecule has 0 atom stereocenters. The number of ether oxygens (including phenoxy) is 1. The van der Waals surface area contributed by atoms with Crippen molar-refractivity contribution in [3.05, 3.63) is 29.6 Å². The lowest BCUT2D eigenvalue weighted by atomic mass is 10.2. The molecule has 0 aliphatic rings. The molecule has 0 unspecified atom stereocenters. The van der Waals surface area contributed by atoms with Crippen molar-refractivity contribution < 1.29 is 4.74 Å². The van der Waals surface area contributed by atoms with Gasteiger partial charge in [-0.3, -0.25) is 0 Å². The fourth-order valence-corrected chi connectivity index (χ4v) is 1.70. The molecule has 4 heteroatoms. The Kier molecular flexibility index (Phi) is 3.29. The highest BCUT2D eigenvalue weighted by atomic mass is 32.1. The number of hydrogen-bond acceptors (Lipinski definition) is 4. The van der Waals surface area contributed by atoms with Gasteiger partial charge in [0.25, 0.3) is 0 Å². The lowest BCUT2D eigenvalue weighted by Gasteiger charge is -2.04. The first-order valence-corrected chi connectivity index (χ1v) is 5.74. The van der Waals surface area contributed by atoms with Gasteiger partial charge in [-0.1, -0.05) is 11.4 Å². The minimum atomic E-state index is 0.762. The molecule has 1 heterocycles. The molecule has 0 fully saturated rings. The molecule has 3 nitrogen and oxygen atoms in total. The molecule has 0 amide bonds. The third-order valence-electron chi connectivity index (χ3n) is 1.98. The van der Waals surface area contributed by atoms with Gasteiger partial charge in [0.05, 0.1) is 6.61 Å². The van der Waals surface area contributed by atoms with Crippen molar-refractivity contribution in [1.82, 2.24) is 9.59 Å². The summed E-state index contributed by atoms with van der Waals surface area (Å²) in [6, 6.07) is 7.93. The van der Waals surface area contributed by atoms with Crippen LogP contribution in [0.3, 0.4) is 0 Å². The molecule has 78 valence electrons. The average Bonchev–Trinajstić information content (AvgIpc) is 2.80. The van der Waals surface area contributed by atoms with Crippen LogP contribution in [0.1, 0.15) is 13.3 Å². The zero-order valence-corrected chi connectivity index (χ0v) is 9.33. The Bertz CT molecular complexity index is 397. The molecule has 15 heavy (non-hydrogen) atoms. The fraction of sp³-hybridized carbons (Fsp3) is 0.273. The van der Waals surface area contributed by atoms with Crippen LogP contribution < -0.4 is 4.74 Å². The van der Waals surface area contributed by atoms with E-state index < -0.39 is 0 Å². The molecule has 0 aliphatic heterocycles. The smallest absolute Gasteiger partial charge is 0.119 e. The lowest BCUT2D eigenvalue weighted by molar-refractivity contribution is 0.317. The summed E-state index contributed by atoms with van der Waals surface area (Å²) < 4.78 is 9.33. The Morgan fingerprint density at radius 1 is 1.27 bits per heavy atom. The van der Waals surface area contributed by atoms with Crippen molar-refractivity contribution in [1.29, 1.82) is 0 Å². The van der Waals surface area contributed by atoms with Gasteiger partial charge in [0.15, 0.2) is 0 Å². The van der Waals surface area contributed by atoms with Gasteiger partial charge in [-0.2, -0.15) is 0 Å². The summed E-state index contributed by atoms with van der Waals surface area (Å²) in [6.07, 6.45) is 1.03. The Hall–Kier alpha value is -1.42. The van der Waals surface area contributed by atoms with Crippen LogP contribution in [0.2, 0.25) is 0 Å². The summed E-state index contributed by atoms with van der Waals surface area (Å²) in [5.41, 5.74) is 2.00. The van der Waals surface area contributed by atoms with E-state index in [4.69, 9.17) is 4.74 Å². The van der Waals surface area contributed by atoms with Gasteiger partial charge >= 0.3 is 0 Å². The molecule has 1 aromatic heterocycles. The molecule has 0 radical (unpaired) electrons. The van der Waals surface area contributed by atoms with Crippen LogP contribution in [0.15, 0.2) is 29.6 Å². The van der Waals surface area contributed by atoms with Gasteiger partial charge < -0.3 is 4.74 Å². The largest absolute Gasteiger partial charge is 0.494 e. The van der Waals surface area contributed by atoms with Crippen LogP contribution >= 0.6 is 11.5 Å².